The van der Waals surface area contributed by atoms with E-state index in [1.807, 2.05) is 0 Å². The Morgan fingerprint density at radius 2 is 2.14 bits per heavy atom. The minimum atomic E-state index is -0.589. The van der Waals surface area contributed by atoms with E-state index >= 15 is 0 Å². The Bertz CT molecular complexity index is 588. The van der Waals surface area contributed by atoms with Gasteiger partial charge in [-0.05, 0) is 25.8 Å². The molecule has 21 heavy (non-hydrogen) atoms. The van der Waals surface area contributed by atoms with Crippen molar-refractivity contribution in [1.82, 2.24) is 10.4 Å². The highest BCUT2D eigenvalue weighted by Crippen LogP contribution is 2.24. The summed E-state index contributed by atoms with van der Waals surface area (Å²) in [5, 5.41) is 14.6. The van der Waals surface area contributed by atoms with Gasteiger partial charge in [-0.1, -0.05) is 6.07 Å². The summed E-state index contributed by atoms with van der Waals surface area (Å²) in [6.45, 7) is 2.03. The summed E-state index contributed by atoms with van der Waals surface area (Å²) in [6, 6.07) is 3.84. The number of nitrogens with one attached hydrogen (secondary N) is 2. The first kappa shape index (κ1) is 14.8. The largest absolute Gasteiger partial charge is 0.338 e. The Morgan fingerprint density at radius 1 is 1.38 bits per heavy atom. The lowest BCUT2D eigenvalue weighted by molar-refractivity contribution is -0.385. The number of urea groups is 1. The highest BCUT2D eigenvalue weighted by Gasteiger charge is 2.21. The number of hydrogen-bond donors (Lipinski definition) is 2. The quantitative estimate of drug-likeness (QED) is 0.656. The number of carbonyl (C=O) groups excluding carboxylic acids is 2. The summed E-state index contributed by atoms with van der Waals surface area (Å²) in [5.41, 5.74) is 3.09. The van der Waals surface area contributed by atoms with Crippen molar-refractivity contribution in [3.8, 4) is 0 Å². The second-order valence-electron chi connectivity index (χ2n) is 4.78. The van der Waals surface area contributed by atoms with E-state index < -0.39 is 11.0 Å². The molecule has 8 heteroatoms. The molecule has 1 fully saturated rings. The maximum atomic E-state index is 11.9. The van der Waals surface area contributed by atoms with Gasteiger partial charge >= 0.3 is 6.03 Å². The van der Waals surface area contributed by atoms with Crippen LogP contribution in [0, 0.1) is 17.0 Å². The van der Waals surface area contributed by atoms with Crippen LogP contribution in [0.4, 0.5) is 16.2 Å². The predicted octanol–water partition coefficient (Wildman–Crippen LogP) is 1.95. The molecule has 2 N–H and O–H groups in total. The van der Waals surface area contributed by atoms with E-state index in [-0.39, 0.29) is 11.6 Å². The lowest BCUT2D eigenvalue weighted by atomic mass is 10.1. The van der Waals surface area contributed by atoms with Crippen LogP contribution in [-0.4, -0.2) is 28.4 Å². The van der Waals surface area contributed by atoms with Gasteiger partial charge in [0.15, 0.2) is 0 Å². The van der Waals surface area contributed by atoms with E-state index in [1.54, 1.807) is 13.0 Å². The highest BCUT2D eigenvalue weighted by atomic mass is 16.6. The van der Waals surface area contributed by atoms with Crippen molar-refractivity contribution < 1.29 is 14.5 Å². The van der Waals surface area contributed by atoms with Gasteiger partial charge in [-0.2, -0.15) is 0 Å². The third-order valence-electron chi connectivity index (χ3n) is 3.31. The monoisotopic (exact) mass is 292 g/mol. The number of amides is 3. The van der Waals surface area contributed by atoms with Crippen LogP contribution in [0.5, 0.6) is 0 Å². The Labute approximate surface area is 121 Å². The molecule has 1 aliphatic rings. The molecule has 1 aliphatic heterocycles. The van der Waals surface area contributed by atoms with Crippen LogP contribution < -0.4 is 10.7 Å². The van der Waals surface area contributed by atoms with Gasteiger partial charge < -0.3 is 5.32 Å². The second kappa shape index (κ2) is 6.21. The number of hydrazine groups is 1. The molecule has 0 unspecified atom stereocenters. The van der Waals surface area contributed by atoms with Gasteiger partial charge in [0.2, 0.25) is 5.91 Å². The first-order valence-corrected chi connectivity index (χ1v) is 6.61. The van der Waals surface area contributed by atoms with Crippen LogP contribution in [0.3, 0.4) is 0 Å². The molecule has 0 radical (unpaired) electrons. The number of anilines is 1. The fourth-order valence-electron chi connectivity index (χ4n) is 2.15. The zero-order chi connectivity index (χ0) is 15.4. The maximum absolute atomic E-state index is 11.9. The van der Waals surface area contributed by atoms with E-state index in [0.717, 1.165) is 12.8 Å². The molecule has 0 aliphatic carbocycles. The second-order valence-corrected chi connectivity index (χ2v) is 4.78. The van der Waals surface area contributed by atoms with E-state index in [1.165, 1.54) is 17.1 Å². The molecule has 3 amide bonds. The van der Waals surface area contributed by atoms with Crippen LogP contribution in [0.15, 0.2) is 18.2 Å². The maximum Gasteiger partial charge on any atom is 0.338 e. The van der Waals surface area contributed by atoms with Gasteiger partial charge in [0.1, 0.15) is 0 Å². The smallest absolute Gasteiger partial charge is 0.306 e. The zero-order valence-electron chi connectivity index (χ0n) is 11.6. The molecular weight excluding hydrogens is 276 g/mol. The third kappa shape index (κ3) is 3.47. The number of benzene rings is 1. The minimum Gasteiger partial charge on any atom is -0.306 e. The van der Waals surface area contributed by atoms with Crippen LogP contribution in [0.2, 0.25) is 0 Å². The van der Waals surface area contributed by atoms with E-state index in [2.05, 4.69) is 10.7 Å². The third-order valence-corrected chi connectivity index (χ3v) is 3.31. The fourth-order valence-corrected chi connectivity index (χ4v) is 2.15. The molecule has 1 aromatic rings. The number of carbonyl (C=O) groups is 2. The summed E-state index contributed by atoms with van der Waals surface area (Å²) in [4.78, 5) is 33.8. The average molecular weight is 292 g/mol. The van der Waals surface area contributed by atoms with Crippen LogP contribution in [0.1, 0.15) is 24.8 Å². The Morgan fingerprint density at radius 3 is 2.81 bits per heavy atom. The molecule has 112 valence electrons. The Kier molecular flexibility index (Phi) is 4.36. The number of nitro benzene ring substituents is 1. The molecule has 8 nitrogen and oxygen atoms in total. The van der Waals surface area contributed by atoms with Gasteiger partial charge in [0.05, 0.1) is 16.2 Å². The summed E-state index contributed by atoms with van der Waals surface area (Å²) < 4.78 is 0. The van der Waals surface area contributed by atoms with Gasteiger partial charge in [-0.25, -0.2) is 10.2 Å². The number of nitrogens with zero attached hydrogens (tertiary/aromatic N) is 2. The van der Waals surface area contributed by atoms with Crippen molar-refractivity contribution in [1.29, 1.82) is 0 Å². The number of piperidine rings is 1. The standard InChI is InChI=1S/C13H16N4O4/c1-9-10(5-4-6-11(9)17(20)21)14-13(19)15-16-8-3-2-7-12(16)18/h4-6H,2-3,7-8H2,1H3,(H2,14,15,19). The molecule has 1 saturated heterocycles. The van der Waals surface area contributed by atoms with Crippen LogP contribution in [0.25, 0.3) is 0 Å². The Hall–Kier alpha value is -2.64. The normalized spacial score (nSPS) is 14.7. The summed E-state index contributed by atoms with van der Waals surface area (Å²) >= 11 is 0. The van der Waals surface area contributed by atoms with Crippen LogP contribution in [-0.2, 0) is 4.79 Å². The number of hydrogen-bond acceptors (Lipinski definition) is 4. The molecule has 0 atom stereocenters. The van der Waals surface area contributed by atoms with Crippen LogP contribution >= 0.6 is 0 Å². The van der Waals surface area contributed by atoms with Crippen molar-refractivity contribution in [2.45, 2.75) is 26.2 Å². The van der Waals surface area contributed by atoms with E-state index in [0.29, 0.717) is 24.2 Å². The first-order chi connectivity index (χ1) is 9.99. The Balaban J connectivity index is 2.04. The van der Waals surface area contributed by atoms with Crippen molar-refractivity contribution in [3.05, 3.63) is 33.9 Å². The molecule has 0 saturated carbocycles. The van der Waals surface area contributed by atoms with Crippen molar-refractivity contribution in [3.63, 3.8) is 0 Å². The zero-order valence-corrected chi connectivity index (χ0v) is 11.6. The molecule has 0 aromatic heterocycles. The van der Waals surface area contributed by atoms with Gasteiger partial charge in [-0.15, -0.1) is 0 Å². The number of rotatable bonds is 3. The molecule has 0 bridgehead atoms. The van der Waals surface area contributed by atoms with Crippen molar-refractivity contribution in [2.24, 2.45) is 0 Å². The highest BCUT2D eigenvalue weighted by molar-refractivity contribution is 5.92. The lowest BCUT2D eigenvalue weighted by Gasteiger charge is -2.26. The van der Waals surface area contributed by atoms with Crippen molar-refractivity contribution >= 4 is 23.3 Å². The topological polar surface area (TPSA) is 105 Å². The van der Waals surface area contributed by atoms with Gasteiger partial charge in [-0.3, -0.25) is 19.9 Å². The summed E-state index contributed by atoms with van der Waals surface area (Å²) in [5.74, 6) is -0.132. The molecule has 1 heterocycles. The van der Waals surface area contributed by atoms with Crippen molar-refractivity contribution in [2.75, 3.05) is 11.9 Å². The molecule has 2 rings (SSSR count). The summed E-state index contributed by atoms with van der Waals surface area (Å²) in [7, 11) is 0. The molecule has 0 spiro atoms. The number of nitro groups is 1. The fraction of sp³-hybridized carbons (Fsp3) is 0.385. The minimum absolute atomic E-state index is 0.0677. The SMILES string of the molecule is Cc1c(NC(=O)NN2CCCCC2=O)cccc1[N+](=O)[O-]. The lowest BCUT2D eigenvalue weighted by Crippen LogP contribution is -2.49. The van der Waals surface area contributed by atoms with Gasteiger partial charge in [0, 0.05) is 19.0 Å². The van der Waals surface area contributed by atoms with E-state index in [4.69, 9.17) is 0 Å². The average Bonchev–Trinajstić information content (AvgIpc) is 2.43. The predicted molar refractivity (Wildman–Crippen MR) is 75.6 cm³/mol. The summed E-state index contributed by atoms with van der Waals surface area (Å²) in [6.07, 6.45) is 2.07. The molecular formula is C13H16N4O4. The van der Waals surface area contributed by atoms with E-state index in [9.17, 15) is 19.7 Å². The molecule has 1 aromatic carbocycles. The first-order valence-electron chi connectivity index (χ1n) is 6.61. The van der Waals surface area contributed by atoms with Gasteiger partial charge in [0.25, 0.3) is 5.69 Å².